The first-order chi connectivity index (χ1) is 17.9. The van der Waals surface area contributed by atoms with E-state index in [2.05, 4.69) is 23.7 Å². The summed E-state index contributed by atoms with van der Waals surface area (Å²) in [4.78, 5) is 34.3. The van der Waals surface area contributed by atoms with E-state index in [0.29, 0.717) is 36.6 Å². The fourth-order valence-electron chi connectivity index (χ4n) is 4.63. The number of aliphatic hydroxyl groups is 1. The van der Waals surface area contributed by atoms with Crippen LogP contribution in [0, 0.1) is 6.92 Å². The Morgan fingerprint density at radius 1 is 1.05 bits per heavy atom. The molecule has 7 nitrogen and oxygen atoms in total. The normalized spacial score (nSPS) is 17.0. The van der Waals surface area contributed by atoms with E-state index in [4.69, 9.17) is 4.74 Å². The van der Waals surface area contributed by atoms with Gasteiger partial charge in [0.25, 0.3) is 11.7 Å². The first-order valence-corrected chi connectivity index (χ1v) is 12.6. The number of ketones is 1. The number of benzene rings is 2. The van der Waals surface area contributed by atoms with Gasteiger partial charge in [0.2, 0.25) is 0 Å². The molecule has 0 aliphatic carbocycles. The molecule has 0 unspecified atom stereocenters. The van der Waals surface area contributed by atoms with Crippen LogP contribution in [0.15, 0.2) is 78.6 Å². The summed E-state index contributed by atoms with van der Waals surface area (Å²) >= 11 is 0. The molecule has 4 rings (SSSR count). The van der Waals surface area contributed by atoms with Crippen molar-refractivity contribution < 1.29 is 19.4 Å². The second kappa shape index (κ2) is 11.8. The molecule has 0 radical (unpaired) electrons. The Morgan fingerprint density at radius 2 is 1.81 bits per heavy atom. The quantitative estimate of drug-likeness (QED) is 0.247. The minimum absolute atomic E-state index is 0.0786. The molecule has 1 aliphatic rings. The van der Waals surface area contributed by atoms with Crippen molar-refractivity contribution in [1.82, 2.24) is 14.8 Å². The number of hydrogen-bond acceptors (Lipinski definition) is 6. The molecule has 7 heteroatoms. The second-order valence-corrected chi connectivity index (χ2v) is 9.06. The summed E-state index contributed by atoms with van der Waals surface area (Å²) in [5.41, 5.74) is 3.08. The SMILES string of the molecule is CCN(CC)CCN1C(=O)C(=O)/C(=C(/O)c2ccc(OCc3ccccc3)c(C)c2)[C@@H]1c1cccnc1. The smallest absolute Gasteiger partial charge is 0.295 e. The minimum atomic E-state index is -0.710. The van der Waals surface area contributed by atoms with Crippen LogP contribution in [0.2, 0.25) is 0 Å². The van der Waals surface area contributed by atoms with Crippen LogP contribution in [0.1, 0.15) is 42.1 Å². The molecule has 192 valence electrons. The van der Waals surface area contributed by atoms with Gasteiger partial charge in [0.15, 0.2) is 0 Å². The molecule has 0 saturated carbocycles. The number of carbonyl (C=O) groups excluding carboxylic acids is 2. The van der Waals surface area contributed by atoms with Crippen LogP contribution in [0.25, 0.3) is 5.76 Å². The number of pyridine rings is 1. The van der Waals surface area contributed by atoms with Crippen LogP contribution in [-0.4, -0.2) is 57.8 Å². The van der Waals surface area contributed by atoms with Crippen molar-refractivity contribution in [3.8, 4) is 5.75 Å². The highest BCUT2D eigenvalue weighted by Crippen LogP contribution is 2.39. The highest BCUT2D eigenvalue weighted by atomic mass is 16.5. The average Bonchev–Trinajstić information content (AvgIpc) is 3.18. The van der Waals surface area contributed by atoms with E-state index in [-0.39, 0.29) is 11.3 Å². The number of rotatable bonds is 10. The molecule has 1 amide bonds. The number of nitrogens with zero attached hydrogens (tertiary/aromatic N) is 3. The Balaban J connectivity index is 1.66. The lowest BCUT2D eigenvalue weighted by Gasteiger charge is -2.28. The number of amides is 1. The number of aliphatic hydroxyl groups excluding tert-OH is 1. The van der Waals surface area contributed by atoms with Crippen LogP contribution in [-0.2, 0) is 16.2 Å². The molecule has 2 aromatic carbocycles. The lowest BCUT2D eigenvalue weighted by atomic mass is 9.95. The average molecular weight is 500 g/mol. The number of Topliss-reactive ketones (excluding diaryl/α,β-unsaturated/α-hetero) is 1. The Kier molecular flexibility index (Phi) is 8.36. The van der Waals surface area contributed by atoms with Crippen LogP contribution in [0.5, 0.6) is 5.75 Å². The van der Waals surface area contributed by atoms with Gasteiger partial charge in [-0.15, -0.1) is 0 Å². The van der Waals surface area contributed by atoms with E-state index in [1.165, 1.54) is 0 Å². The van der Waals surface area contributed by atoms with Gasteiger partial charge >= 0.3 is 0 Å². The van der Waals surface area contributed by atoms with Crippen LogP contribution >= 0.6 is 0 Å². The molecule has 0 spiro atoms. The van der Waals surface area contributed by atoms with Crippen molar-refractivity contribution in [3.05, 3.63) is 101 Å². The summed E-state index contributed by atoms with van der Waals surface area (Å²) < 4.78 is 5.96. The molecule has 37 heavy (non-hydrogen) atoms. The molecule has 2 heterocycles. The van der Waals surface area contributed by atoms with Gasteiger partial charge in [-0.3, -0.25) is 14.6 Å². The van der Waals surface area contributed by atoms with Crippen LogP contribution in [0.3, 0.4) is 0 Å². The number of aryl methyl sites for hydroxylation is 1. The van der Waals surface area contributed by atoms with Crippen molar-refractivity contribution in [2.75, 3.05) is 26.2 Å². The molecule has 1 fully saturated rings. The molecule has 1 atom stereocenters. The summed E-state index contributed by atoms with van der Waals surface area (Å²) in [5.74, 6) is -0.811. The zero-order valence-corrected chi connectivity index (χ0v) is 21.6. The Morgan fingerprint density at radius 3 is 2.46 bits per heavy atom. The van der Waals surface area contributed by atoms with Crippen LogP contribution < -0.4 is 4.74 Å². The summed E-state index contributed by atoms with van der Waals surface area (Å²) in [6, 6.07) is 18.0. The number of carbonyl (C=O) groups is 2. The van der Waals surface area contributed by atoms with Gasteiger partial charge < -0.3 is 19.6 Å². The van der Waals surface area contributed by atoms with E-state index in [1.807, 2.05) is 43.3 Å². The van der Waals surface area contributed by atoms with Crippen LogP contribution in [0.4, 0.5) is 0 Å². The van der Waals surface area contributed by atoms with Gasteiger partial charge in [0, 0.05) is 31.0 Å². The maximum absolute atomic E-state index is 13.2. The molecular weight excluding hydrogens is 466 g/mol. The Labute approximate surface area is 218 Å². The largest absolute Gasteiger partial charge is 0.507 e. The van der Waals surface area contributed by atoms with Crippen molar-refractivity contribution in [1.29, 1.82) is 0 Å². The van der Waals surface area contributed by atoms with Gasteiger partial charge in [-0.25, -0.2) is 0 Å². The number of ether oxygens (including phenoxy) is 1. The lowest BCUT2D eigenvalue weighted by Crippen LogP contribution is -2.38. The minimum Gasteiger partial charge on any atom is -0.507 e. The van der Waals surface area contributed by atoms with Gasteiger partial charge in [-0.1, -0.05) is 50.2 Å². The maximum Gasteiger partial charge on any atom is 0.295 e. The monoisotopic (exact) mass is 499 g/mol. The number of aromatic nitrogens is 1. The van der Waals surface area contributed by atoms with Gasteiger partial charge in [-0.05, 0) is 61.0 Å². The number of likely N-dealkylation sites (N-methyl/N-ethyl adjacent to an activating group) is 1. The first kappa shape index (κ1) is 26.1. The topological polar surface area (TPSA) is 83.0 Å². The zero-order chi connectivity index (χ0) is 26.4. The maximum atomic E-state index is 13.2. The predicted octanol–water partition coefficient (Wildman–Crippen LogP) is 4.73. The number of likely N-dealkylation sites (tertiary alicyclic amines) is 1. The van der Waals surface area contributed by atoms with E-state index in [9.17, 15) is 14.7 Å². The number of hydrogen-bond donors (Lipinski definition) is 1. The van der Waals surface area contributed by atoms with E-state index >= 15 is 0 Å². The van der Waals surface area contributed by atoms with Crippen molar-refractivity contribution in [3.63, 3.8) is 0 Å². The van der Waals surface area contributed by atoms with Gasteiger partial charge in [-0.2, -0.15) is 0 Å². The first-order valence-electron chi connectivity index (χ1n) is 12.6. The highest BCUT2D eigenvalue weighted by Gasteiger charge is 2.46. The summed E-state index contributed by atoms with van der Waals surface area (Å²) in [6.07, 6.45) is 3.28. The summed E-state index contributed by atoms with van der Waals surface area (Å²) in [6.45, 7) is 9.12. The van der Waals surface area contributed by atoms with Gasteiger partial charge in [0.1, 0.15) is 18.1 Å². The van der Waals surface area contributed by atoms with Crippen molar-refractivity contribution in [2.24, 2.45) is 0 Å². The zero-order valence-electron chi connectivity index (χ0n) is 21.6. The van der Waals surface area contributed by atoms with Gasteiger partial charge in [0.05, 0.1) is 11.6 Å². The third-order valence-corrected chi connectivity index (χ3v) is 6.78. The molecule has 1 N–H and O–H groups in total. The summed E-state index contributed by atoms with van der Waals surface area (Å²) in [5, 5.41) is 11.4. The lowest BCUT2D eigenvalue weighted by molar-refractivity contribution is -0.140. The Hall–Kier alpha value is -3.97. The third kappa shape index (κ3) is 5.73. The molecule has 3 aromatic rings. The molecular formula is C30H33N3O4. The fraction of sp³-hybridized carbons (Fsp3) is 0.300. The molecule has 1 aromatic heterocycles. The molecule has 0 bridgehead atoms. The Bertz CT molecular complexity index is 1270. The van der Waals surface area contributed by atoms with Crippen molar-refractivity contribution in [2.45, 2.75) is 33.4 Å². The predicted molar refractivity (Wildman–Crippen MR) is 143 cm³/mol. The molecule has 1 aliphatic heterocycles. The third-order valence-electron chi connectivity index (χ3n) is 6.78. The standard InChI is InChI=1S/C30H33N3O4/c1-4-32(5-2)16-17-33-27(24-12-9-15-31-19-24)26(29(35)30(33)36)28(34)23-13-14-25(21(3)18-23)37-20-22-10-7-6-8-11-22/h6-15,18-19,27,34H,4-5,16-17,20H2,1-3H3/b28-26+/t27-/m0/s1. The van der Waals surface area contributed by atoms with E-state index < -0.39 is 17.7 Å². The van der Waals surface area contributed by atoms with Crippen molar-refractivity contribution >= 4 is 17.4 Å². The highest BCUT2D eigenvalue weighted by molar-refractivity contribution is 6.46. The fourth-order valence-corrected chi connectivity index (χ4v) is 4.63. The second-order valence-electron chi connectivity index (χ2n) is 9.06. The molecule has 1 saturated heterocycles. The summed E-state index contributed by atoms with van der Waals surface area (Å²) in [7, 11) is 0. The van der Waals surface area contributed by atoms with E-state index in [1.54, 1.807) is 41.6 Å². The van der Waals surface area contributed by atoms with E-state index in [0.717, 1.165) is 24.2 Å².